The zero-order valence-corrected chi connectivity index (χ0v) is 12.8. The first-order valence-corrected chi connectivity index (χ1v) is 8.40. The van der Waals surface area contributed by atoms with Crippen LogP contribution in [-0.2, 0) is 10.0 Å². The number of anilines is 1. The molecular formula is C13H19ClN2O3S. The van der Waals surface area contributed by atoms with Gasteiger partial charge in [-0.25, -0.2) is 13.1 Å². The van der Waals surface area contributed by atoms with E-state index in [9.17, 15) is 13.5 Å². The third-order valence-electron chi connectivity index (χ3n) is 3.81. The van der Waals surface area contributed by atoms with Gasteiger partial charge in [0.05, 0.1) is 11.0 Å². The molecule has 1 aliphatic carbocycles. The Morgan fingerprint density at radius 3 is 2.75 bits per heavy atom. The Hall–Kier alpha value is -0.820. The van der Waals surface area contributed by atoms with Gasteiger partial charge in [0.1, 0.15) is 0 Å². The maximum absolute atomic E-state index is 12.3. The van der Waals surface area contributed by atoms with E-state index >= 15 is 0 Å². The maximum atomic E-state index is 12.3. The van der Waals surface area contributed by atoms with Crippen LogP contribution in [0.3, 0.4) is 0 Å². The first kappa shape index (κ1) is 15.6. The van der Waals surface area contributed by atoms with Crippen molar-refractivity contribution in [3.8, 4) is 0 Å². The Bertz CT molecular complexity index is 604. The van der Waals surface area contributed by atoms with Crippen LogP contribution in [0.25, 0.3) is 0 Å². The second-order valence-corrected chi connectivity index (χ2v) is 7.40. The van der Waals surface area contributed by atoms with Crippen LogP contribution >= 0.6 is 11.6 Å². The summed E-state index contributed by atoms with van der Waals surface area (Å²) >= 11 is 5.87. The normalized spacial score (nSPS) is 23.1. The number of rotatable bonds is 4. The van der Waals surface area contributed by atoms with Crippen molar-refractivity contribution in [3.63, 3.8) is 0 Å². The van der Waals surface area contributed by atoms with Gasteiger partial charge in [0, 0.05) is 17.3 Å². The number of nitrogen functional groups attached to an aromatic ring is 1. The topological polar surface area (TPSA) is 92.4 Å². The molecule has 20 heavy (non-hydrogen) atoms. The highest BCUT2D eigenvalue weighted by atomic mass is 35.5. The van der Waals surface area contributed by atoms with E-state index in [0.29, 0.717) is 11.3 Å². The second kappa shape index (κ2) is 5.89. The molecule has 1 aromatic carbocycles. The van der Waals surface area contributed by atoms with Crippen molar-refractivity contribution >= 4 is 27.3 Å². The minimum Gasteiger partial charge on any atom is -0.398 e. The van der Waals surface area contributed by atoms with Crippen molar-refractivity contribution < 1.29 is 13.5 Å². The molecule has 1 aliphatic rings. The predicted octanol–water partition coefficient (Wildman–Crippen LogP) is 1.67. The van der Waals surface area contributed by atoms with Crippen molar-refractivity contribution in [3.05, 3.63) is 22.7 Å². The van der Waals surface area contributed by atoms with E-state index in [4.69, 9.17) is 17.3 Å². The molecule has 0 saturated heterocycles. The Labute approximate surface area is 124 Å². The summed E-state index contributed by atoms with van der Waals surface area (Å²) in [6, 6.07) is 2.91. The van der Waals surface area contributed by atoms with Gasteiger partial charge in [-0.15, -0.1) is 0 Å². The van der Waals surface area contributed by atoms with Gasteiger partial charge in [-0.05, 0) is 43.4 Å². The Morgan fingerprint density at radius 1 is 1.45 bits per heavy atom. The number of halogens is 1. The Morgan fingerprint density at radius 2 is 2.15 bits per heavy atom. The number of benzene rings is 1. The summed E-state index contributed by atoms with van der Waals surface area (Å²) in [5.74, 6) is -0.0263. The molecule has 112 valence electrons. The standard InChI is InChI=1S/C13H19ClN2O3S/c1-8-11(15)5-10(14)6-13(8)20(18,19)16-7-9-3-2-4-12(9)17/h5-6,9,12,16-17H,2-4,7,15H2,1H3. The van der Waals surface area contributed by atoms with Gasteiger partial charge >= 0.3 is 0 Å². The van der Waals surface area contributed by atoms with E-state index in [1.165, 1.54) is 12.1 Å². The SMILES string of the molecule is Cc1c(N)cc(Cl)cc1S(=O)(=O)NCC1CCCC1O. The molecule has 0 aromatic heterocycles. The maximum Gasteiger partial charge on any atom is 0.240 e. The highest BCUT2D eigenvalue weighted by Crippen LogP contribution is 2.28. The number of aliphatic hydroxyl groups excluding tert-OH is 1. The molecule has 2 unspecified atom stereocenters. The van der Waals surface area contributed by atoms with E-state index in [2.05, 4.69) is 4.72 Å². The summed E-state index contributed by atoms with van der Waals surface area (Å²) in [4.78, 5) is 0.0926. The Kier molecular flexibility index (Phi) is 4.59. The quantitative estimate of drug-likeness (QED) is 0.736. The van der Waals surface area contributed by atoms with Crippen molar-refractivity contribution in [1.29, 1.82) is 0 Å². The van der Waals surface area contributed by atoms with Crippen LogP contribution in [0.2, 0.25) is 5.02 Å². The molecule has 0 spiro atoms. The third-order valence-corrected chi connectivity index (χ3v) is 5.58. The van der Waals surface area contributed by atoms with Gasteiger partial charge in [-0.3, -0.25) is 0 Å². The average Bonchev–Trinajstić information content (AvgIpc) is 2.77. The summed E-state index contributed by atoms with van der Waals surface area (Å²) < 4.78 is 27.2. The average molecular weight is 319 g/mol. The fraction of sp³-hybridized carbons (Fsp3) is 0.538. The summed E-state index contributed by atoms with van der Waals surface area (Å²) in [5.41, 5.74) is 6.57. The van der Waals surface area contributed by atoms with E-state index < -0.39 is 16.1 Å². The van der Waals surface area contributed by atoms with E-state index in [0.717, 1.165) is 19.3 Å². The number of hydrogen-bond donors (Lipinski definition) is 3. The van der Waals surface area contributed by atoms with Crippen molar-refractivity contribution in [2.24, 2.45) is 5.92 Å². The largest absolute Gasteiger partial charge is 0.398 e. The smallest absolute Gasteiger partial charge is 0.240 e. The zero-order chi connectivity index (χ0) is 14.9. The summed E-state index contributed by atoms with van der Waals surface area (Å²) in [7, 11) is -3.67. The monoisotopic (exact) mass is 318 g/mol. The number of nitrogens with two attached hydrogens (primary N) is 1. The van der Waals surface area contributed by atoms with Crippen molar-refractivity contribution in [1.82, 2.24) is 4.72 Å². The number of aliphatic hydroxyl groups is 1. The van der Waals surface area contributed by atoms with Crippen LogP contribution in [0.4, 0.5) is 5.69 Å². The predicted molar refractivity (Wildman–Crippen MR) is 79.1 cm³/mol. The van der Waals surface area contributed by atoms with E-state index in [1.54, 1.807) is 6.92 Å². The third kappa shape index (κ3) is 3.25. The molecular weight excluding hydrogens is 300 g/mol. The molecule has 7 heteroatoms. The first-order chi connectivity index (χ1) is 9.31. The fourth-order valence-electron chi connectivity index (χ4n) is 2.50. The molecule has 2 rings (SSSR count). The second-order valence-electron chi connectivity index (χ2n) is 5.23. The van der Waals surface area contributed by atoms with Gasteiger partial charge in [0.2, 0.25) is 10.0 Å². The van der Waals surface area contributed by atoms with Crippen molar-refractivity contribution in [2.45, 2.75) is 37.2 Å². The van der Waals surface area contributed by atoms with Crippen molar-refractivity contribution in [2.75, 3.05) is 12.3 Å². The molecule has 1 fully saturated rings. The molecule has 5 nitrogen and oxygen atoms in total. The van der Waals surface area contributed by atoms with Crippen LogP contribution in [0.15, 0.2) is 17.0 Å². The van der Waals surface area contributed by atoms with Gasteiger partial charge in [-0.2, -0.15) is 0 Å². The van der Waals surface area contributed by atoms with Crippen LogP contribution in [-0.4, -0.2) is 26.2 Å². The fourth-order valence-corrected chi connectivity index (χ4v) is 4.19. The lowest BCUT2D eigenvalue weighted by atomic mass is 10.1. The van der Waals surface area contributed by atoms with Crippen LogP contribution in [0.1, 0.15) is 24.8 Å². The van der Waals surface area contributed by atoms with Gasteiger partial charge in [-0.1, -0.05) is 18.0 Å². The van der Waals surface area contributed by atoms with Crippen LogP contribution in [0, 0.1) is 12.8 Å². The summed E-state index contributed by atoms with van der Waals surface area (Å²) in [6.45, 7) is 1.87. The van der Waals surface area contributed by atoms with Gasteiger partial charge in [0.25, 0.3) is 0 Å². The molecule has 1 aromatic rings. The molecule has 0 radical (unpaired) electrons. The lowest BCUT2D eigenvalue weighted by Crippen LogP contribution is -2.32. The lowest BCUT2D eigenvalue weighted by molar-refractivity contribution is 0.134. The van der Waals surface area contributed by atoms with E-state index in [-0.39, 0.29) is 22.4 Å². The van der Waals surface area contributed by atoms with Crippen LogP contribution < -0.4 is 10.5 Å². The number of hydrogen-bond acceptors (Lipinski definition) is 4. The summed E-state index contributed by atoms with van der Waals surface area (Å²) in [6.07, 6.45) is 2.07. The molecule has 0 bridgehead atoms. The van der Waals surface area contributed by atoms with E-state index in [1.807, 2.05) is 0 Å². The number of nitrogens with one attached hydrogen (secondary N) is 1. The minimum absolute atomic E-state index is 0.0263. The molecule has 0 heterocycles. The summed E-state index contributed by atoms with van der Waals surface area (Å²) in [5, 5.41) is 10.0. The number of sulfonamides is 1. The minimum atomic E-state index is -3.67. The highest BCUT2D eigenvalue weighted by molar-refractivity contribution is 7.89. The molecule has 2 atom stereocenters. The Balaban J connectivity index is 2.18. The highest BCUT2D eigenvalue weighted by Gasteiger charge is 2.27. The molecule has 4 N–H and O–H groups in total. The van der Waals surface area contributed by atoms with Crippen LogP contribution in [0.5, 0.6) is 0 Å². The molecule has 0 amide bonds. The van der Waals surface area contributed by atoms with Gasteiger partial charge in [0.15, 0.2) is 0 Å². The zero-order valence-electron chi connectivity index (χ0n) is 11.3. The first-order valence-electron chi connectivity index (χ1n) is 6.54. The van der Waals surface area contributed by atoms with Gasteiger partial charge < -0.3 is 10.8 Å². The molecule has 1 saturated carbocycles. The molecule has 0 aliphatic heterocycles. The lowest BCUT2D eigenvalue weighted by Gasteiger charge is -2.16.